The molecule has 27 heavy (non-hydrogen) atoms. The number of ether oxygens (including phenoxy) is 2. The number of nitrogens with one attached hydrogen (secondary N) is 1. The van der Waals surface area contributed by atoms with Crippen molar-refractivity contribution in [3.05, 3.63) is 89.5 Å². The van der Waals surface area contributed by atoms with Crippen molar-refractivity contribution in [2.24, 2.45) is 0 Å². The van der Waals surface area contributed by atoms with Gasteiger partial charge in [-0.1, -0.05) is 42.0 Å². The lowest BCUT2D eigenvalue weighted by Gasteiger charge is -2.10. The van der Waals surface area contributed by atoms with Gasteiger partial charge in [0.1, 0.15) is 18.1 Å². The summed E-state index contributed by atoms with van der Waals surface area (Å²) in [5.74, 6) is 1.30. The van der Waals surface area contributed by atoms with E-state index < -0.39 is 0 Å². The van der Waals surface area contributed by atoms with Crippen LogP contribution in [0.5, 0.6) is 11.5 Å². The van der Waals surface area contributed by atoms with Crippen LogP contribution < -0.4 is 10.1 Å². The fraction of sp³-hybridized carbons (Fsp3) is 0.174. The molecule has 0 aromatic heterocycles. The lowest BCUT2D eigenvalue weighted by atomic mass is 10.1. The maximum Gasteiger partial charge on any atom is 0.250 e. The standard InChI is InChI=1S/C23H23NO3/c1-17-8-9-19(18(2)14-17)15-26-16-23(25)24-20-10-12-22(13-11-20)27-21-6-4-3-5-7-21/h3-14H,15-16H2,1-2H3,(H,24,25). The molecule has 0 saturated carbocycles. The quantitative estimate of drug-likeness (QED) is 0.625. The average Bonchev–Trinajstić information content (AvgIpc) is 2.66. The molecule has 0 spiro atoms. The van der Waals surface area contributed by atoms with Gasteiger partial charge in [-0.2, -0.15) is 0 Å². The Morgan fingerprint density at radius 2 is 1.59 bits per heavy atom. The van der Waals surface area contributed by atoms with Gasteiger partial charge in [-0.05, 0) is 61.4 Å². The highest BCUT2D eigenvalue weighted by Gasteiger charge is 2.05. The largest absolute Gasteiger partial charge is 0.457 e. The molecule has 4 heteroatoms. The highest BCUT2D eigenvalue weighted by Crippen LogP contribution is 2.22. The molecule has 0 radical (unpaired) electrons. The van der Waals surface area contributed by atoms with Crippen LogP contribution in [-0.2, 0) is 16.1 Å². The highest BCUT2D eigenvalue weighted by atomic mass is 16.5. The maximum absolute atomic E-state index is 12.1. The van der Waals surface area contributed by atoms with E-state index in [9.17, 15) is 4.79 Å². The van der Waals surface area contributed by atoms with E-state index in [-0.39, 0.29) is 12.5 Å². The zero-order valence-electron chi connectivity index (χ0n) is 15.6. The highest BCUT2D eigenvalue weighted by molar-refractivity contribution is 5.91. The summed E-state index contributed by atoms with van der Waals surface area (Å²) >= 11 is 0. The number of hydrogen-bond donors (Lipinski definition) is 1. The summed E-state index contributed by atoms with van der Waals surface area (Å²) in [6.45, 7) is 4.53. The third kappa shape index (κ3) is 5.69. The molecule has 1 amide bonds. The van der Waals surface area contributed by atoms with Crippen molar-refractivity contribution in [2.75, 3.05) is 11.9 Å². The van der Waals surface area contributed by atoms with Crippen LogP contribution in [0.25, 0.3) is 0 Å². The lowest BCUT2D eigenvalue weighted by molar-refractivity contribution is -0.121. The summed E-state index contributed by atoms with van der Waals surface area (Å²) in [4.78, 5) is 12.1. The van der Waals surface area contributed by atoms with Gasteiger partial charge in [0.25, 0.3) is 0 Å². The van der Waals surface area contributed by atoms with E-state index >= 15 is 0 Å². The SMILES string of the molecule is Cc1ccc(COCC(=O)Nc2ccc(Oc3ccccc3)cc2)c(C)c1. The first-order valence-electron chi connectivity index (χ1n) is 8.87. The molecule has 0 heterocycles. The van der Waals surface area contributed by atoms with Crippen LogP contribution in [0.1, 0.15) is 16.7 Å². The number of amides is 1. The minimum absolute atomic E-state index is 0.00951. The topological polar surface area (TPSA) is 47.6 Å². The number of hydrogen-bond acceptors (Lipinski definition) is 3. The van der Waals surface area contributed by atoms with E-state index in [1.165, 1.54) is 11.1 Å². The molecular formula is C23H23NO3. The molecule has 4 nitrogen and oxygen atoms in total. The molecule has 0 aliphatic carbocycles. The second-order valence-electron chi connectivity index (χ2n) is 6.41. The van der Waals surface area contributed by atoms with E-state index in [2.05, 4.69) is 18.3 Å². The Labute approximate surface area is 159 Å². The van der Waals surface area contributed by atoms with E-state index in [4.69, 9.17) is 9.47 Å². The van der Waals surface area contributed by atoms with Crippen LogP contribution in [-0.4, -0.2) is 12.5 Å². The number of aryl methyl sites for hydroxylation is 2. The van der Waals surface area contributed by atoms with Crippen molar-refractivity contribution < 1.29 is 14.3 Å². The van der Waals surface area contributed by atoms with E-state index in [1.54, 1.807) is 12.1 Å². The van der Waals surface area contributed by atoms with Crippen LogP contribution in [0.15, 0.2) is 72.8 Å². The summed E-state index contributed by atoms with van der Waals surface area (Å²) in [5.41, 5.74) is 4.18. The summed E-state index contributed by atoms with van der Waals surface area (Å²) < 4.78 is 11.3. The molecule has 0 saturated heterocycles. The summed E-state index contributed by atoms with van der Waals surface area (Å²) in [5, 5.41) is 2.82. The molecule has 3 rings (SSSR count). The van der Waals surface area contributed by atoms with E-state index in [0.717, 1.165) is 11.3 Å². The van der Waals surface area contributed by atoms with Crippen molar-refractivity contribution in [1.29, 1.82) is 0 Å². The third-order valence-electron chi connectivity index (χ3n) is 4.11. The first kappa shape index (κ1) is 18.7. The normalized spacial score (nSPS) is 10.4. The number of rotatable bonds is 7. The van der Waals surface area contributed by atoms with Gasteiger partial charge in [-0.25, -0.2) is 0 Å². The Hall–Kier alpha value is -3.11. The molecule has 0 bridgehead atoms. The molecule has 0 fully saturated rings. The third-order valence-corrected chi connectivity index (χ3v) is 4.11. The van der Waals surface area contributed by atoms with Crippen molar-refractivity contribution >= 4 is 11.6 Å². The van der Waals surface area contributed by atoms with E-state index in [0.29, 0.717) is 18.0 Å². The Morgan fingerprint density at radius 3 is 2.30 bits per heavy atom. The Balaban J connectivity index is 1.46. The Morgan fingerprint density at radius 1 is 0.889 bits per heavy atom. The van der Waals surface area contributed by atoms with Crippen molar-refractivity contribution in [1.82, 2.24) is 0 Å². The predicted molar refractivity (Wildman–Crippen MR) is 107 cm³/mol. The van der Waals surface area contributed by atoms with Crippen LogP contribution in [0.4, 0.5) is 5.69 Å². The van der Waals surface area contributed by atoms with Gasteiger partial charge in [0.15, 0.2) is 0 Å². The van der Waals surface area contributed by atoms with Gasteiger partial charge < -0.3 is 14.8 Å². The summed E-state index contributed by atoms with van der Waals surface area (Å²) in [6, 6.07) is 23.0. The number of benzene rings is 3. The average molecular weight is 361 g/mol. The van der Waals surface area contributed by atoms with Crippen LogP contribution in [0.3, 0.4) is 0 Å². The zero-order chi connectivity index (χ0) is 19.1. The molecule has 138 valence electrons. The second-order valence-corrected chi connectivity index (χ2v) is 6.41. The van der Waals surface area contributed by atoms with Crippen molar-refractivity contribution in [3.8, 4) is 11.5 Å². The molecule has 1 N–H and O–H groups in total. The molecular weight excluding hydrogens is 338 g/mol. The molecule has 0 atom stereocenters. The Bertz CT molecular complexity index is 889. The zero-order valence-corrected chi connectivity index (χ0v) is 15.6. The van der Waals surface area contributed by atoms with E-state index in [1.807, 2.05) is 61.5 Å². The Kier molecular flexibility index (Phi) is 6.23. The number of anilines is 1. The first-order chi connectivity index (χ1) is 13.1. The summed E-state index contributed by atoms with van der Waals surface area (Å²) in [7, 11) is 0. The second kappa shape index (κ2) is 9.01. The lowest BCUT2D eigenvalue weighted by Crippen LogP contribution is -2.18. The smallest absolute Gasteiger partial charge is 0.250 e. The van der Waals surface area contributed by atoms with Crippen LogP contribution >= 0.6 is 0 Å². The molecule has 0 aliphatic rings. The van der Waals surface area contributed by atoms with Gasteiger partial charge in [0.05, 0.1) is 6.61 Å². The van der Waals surface area contributed by atoms with Gasteiger partial charge in [-0.3, -0.25) is 4.79 Å². The number of carbonyl (C=O) groups is 1. The molecule has 0 unspecified atom stereocenters. The monoisotopic (exact) mass is 361 g/mol. The van der Waals surface area contributed by atoms with Crippen LogP contribution in [0, 0.1) is 13.8 Å². The fourth-order valence-corrected chi connectivity index (χ4v) is 2.69. The molecule has 0 aliphatic heterocycles. The van der Waals surface area contributed by atoms with Gasteiger partial charge in [0.2, 0.25) is 5.91 Å². The molecule has 3 aromatic carbocycles. The van der Waals surface area contributed by atoms with Gasteiger partial charge in [0, 0.05) is 5.69 Å². The maximum atomic E-state index is 12.1. The van der Waals surface area contributed by atoms with Crippen molar-refractivity contribution in [2.45, 2.75) is 20.5 Å². The minimum atomic E-state index is -0.184. The number of carbonyl (C=O) groups excluding carboxylic acids is 1. The van der Waals surface area contributed by atoms with Gasteiger partial charge in [-0.15, -0.1) is 0 Å². The fourth-order valence-electron chi connectivity index (χ4n) is 2.69. The van der Waals surface area contributed by atoms with Gasteiger partial charge >= 0.3 is 0 Å². The number of para-hydroxylation sites is 1. The van der Waals surface area contributed by atoms with Crippen molar-refractivity contribution in [3.63, 3.8) is 0 Å². The molecule has 3 aromatic rings. The summed E-state index contributed by atoms with van der Waals surface area (Å²) in [6.07, 6.45) is 0. The van der Waals surface area contributed by atoms with Crippen LogP contribution in [0.2, 0.25) is 0 Å². The first-order valence-corrected chi connectivity index (χ1v) is 8.87. The minimum Gasteiger partial charge on any atom is -0.457 e. The predicted octanol–water partition coefficient (Wildman–Crippen LogP) is 5.25.